The van der Waals surface area contributed by atoms with E-state index in [1.807, 2.05) is 10.7 Å². The van der Waals surface area contributed by atoms with Crippen molar-refractivity contribution in [3.63, 3.8) is 0 Å². The molecule has 2 aromatic carbocycles. The number of anilines is 1. The van der Waals surface area contributed by atoms with E-state index >= 15 is 0 Å². The van der Waals surface area contributed by atoms with E-state index in [0.717, 1.165) is 0 Å². The van der Waals surface area contributed by atoms with Crippen LogP contribution in [0.5, 0.6) is 0 Å². The van der Waals surface area contributed by atoms with Crippen molar-refractivity contribution in [2.75, 3.05) is 5.73 Å². The minimum absolute atomic E-state index is 0.0856. The number of rotatable bonds is 1. The summed E-state index contributed by atoms with van der Waals surface area (Å²) < 4.78 is 1.89. The average Bonchev–Trinajstić information content (AvgIpc) is 3.00. The molecule has 0 atom stereocenters. The number of hydrogen-bond acceptors (Lipinski definition) is 2. The predicted octanol–water partition coefficient (Wildman–Crippen LogP) is 3.08. The molecular weight excluding hydrogens is 234 g/mol. The first-order valence-electron chi connectivity index (χ1n) is 6.33. The molecule has 1 aromatic heterocycles. The molecule has 0 saturated carbocycles. The number of nitrogens with two attached hydrogens (primary N) is 1. The molecule has 0 bridgehead atoms. The second kappa shape index (κ2) is 3.72. The summed E-state index contributed by atoms with van der Waals surface area (Å²) in [6, 6.07) is 18.8. The SMILES string of the molecule is Nc1ccnn1C1c2ccccc2-c2ccccc21. The molecule has 3 nitrogen and oxygen atoms in total. The molecule has 0 amide bonds. The second-order valence-electron chi connectivity index (χ2n) is 4.78. The lowest BCUT2D eigenvalue weighted by atomic mass is 10.1. The van der Waals surface area contributed by atoms with Crippen LogP contribution in [0, 0.1) is 0 Å². The predicted molar refractivity (Wildman–Crippen MR) is 75.8 cm³/mol. The van der Waals surface area contributed by atoms with E-state index in [4.69, 9.17) is 5.73 Å². The van der Waals surface area contributed by atoms with Crippen LogP contribution in [0.1, 0.15) is 17.2 Å². The average molecular weight is 247 g/mol. The van der Waals surface area contributed by atoms with Crippen molar-refractivity contribution in [1.82, 2.24) is 9.78 Å². The number of fused-ring (bicyclic) bond motifs is 3. The Bertz CT molecular complexity index is 712. The highest BCUT2D eigenvalue weighted by Gasteiger charge is 2.30. The van der Waals surface area contributed by atoms with Crippen molar-refractivity contribution in [2.24, 2.45) is 0 Å². The Hall–Kier alpha value is -2.55. The monoisotopic (exact) mass is 247 g/mol. The van der Waals surface area contributed by atoms with Crippen LogP contribution in [-0.4, -0.2) is 9.78 Å². The fraction of sp³-hybridized carbons (Fsp3) is 0.0625. The summed E-state index contributed by atoms with van der Waals surface area (Å²) in [5.41, 5.74) is 11.1. The molecule has 1 aliphatic carbocycles. The molecule has 1 heterocycles. The molecule has 1 aliphatic rings. The molecule has 4 rings (SSSR count). The van der Waals surface area contributed by atoms with Gasteiger partial charge in [0.1, 0.15) is 11.9 Å². The van der Waals surface area contributed by atoms with E-state index in [-0.39, 0.29) is 6.04 Å². The zero-order valence-electron chi connectivity index (χ0n) is 10.3. The van der Waals surface area contributed by atoms with Gasteiger partial charge in [0.25, 0.3) is 0 Å². The number of nitrogens with zero attached hydrogens (tertiary/aromatic N) is 2. The standard InChI is InChI=1S/C16H13N3/c17-15-9-10-18-19(15)16-13-7-3-1-5-11(13)12-6-2-4-8-14(12)16/h1-10,16H,17H2. The molecule has 0 aliphatic heterocycles. The van der Waals surface area contributed by atoms with Crippen LogP contribution in [0.4, 0.5) is 5.82 Å². The maximum absolute atomic E-state index is 6.04. The van der Waals surface area contributed by atoms with Crippen LogP contribution < -0.4 is 5.73 Å². The Morgan fingerprint density at radius 3 is 1.95 bits per heavy atom. The minimum atomic E-state index is 0.0856. The highest BCUT2D eigenvalue weighted by molar-refractivity contribution is 5.78. The largest absolute Gasteiger partial charge is 0.384 e. The number of nitrogen functional groups attached to an aromatic ring is 1. The van der Waals surface area contributed by atoms with E-state index < -0.39 is 0 Å². The summed E-state index contributed by atoms with van der Waals surface area (Å²) in [6.45, 7) is 0. The van der Waals surface area contributed by atoms with Crippen LogP contribution in [0.25, 0.3) is 11.1 Å². The highest BCUT2D eigenvalue weighted by atomic mass is 15.3. The van der Waals surface area contributed by atoms with E-state index in [1.165, 1.54) is 22.3 Å². The molecule has 0 fully saturated rings. The van der Waals surface area contributed by atoms with Crippen LogP contribution in [0.2, 0.25) is 0 Å². The maximum Gasteiger partial charge on any atom is 0.122 e. The van der Waals surface area contributed by atoms with Gasteiger partial charge in [0.05, 0.1) is 6.20 Å². The highest BCUT2D eigenvalue weighted by Crippen LogP contribution is 2.45. The van der Waals surface area contributed by atoms with E-state index in [0.29, 0.717) is 5.82 Å². The maximum atomic E-state index is 6.04. The van der Waals surface area contributed by atoms with E-state index in [9.17, 15) is 0 Å². The third-order valence-corrected chi connectivity index (χ3v) is 3.75. The zero-order chi connectivity index (χ0) is 12.8. The summed E-state index contributed by atoms with van der Waals surface area (Å²) in [6.07, 6.45) is 1.75. The fourth-order valence-electron chi connectivity index (χ4n) is 2.93. The van der Waals surface area contributed by atoms with Gasteiger partial charge in [-0.1, -0.05) is 48.5 Å². The fourth-order valence-corrected chi connectivity index (χ4v) is 2.93. The first-order valence-corrected chi connectivity index (χ1v) is 6.33. The normalized spacial score (nSPS) is 13.3. The summed E-state index contributed by atoms with van der Waals surface area (Å²) in [7, 11) is 0. The number of aromatic nitrogens is 2. The van der Waals surface area contributed by atoms with Gasteiger partial charge in [0, 0.05) is 0 Å². The molecule has 3 heteroatoms. The van der Waals surface area contributed by atoms with Crippen molar-refractivity contribution < 1.29 is 0 Å². The van der Waals surface area contributed by atoms with Gasteiger partial charge in [-0.05, 0) is 28.3 Å². The Kier molecular flexibility index (Phi) is 2.03. The molecule has 0 spiro atoms. The molecule has 92 valence electrons. The molecule has 0 radical (unpaired) electrons. The van der Waals surface area contributed by atoms with Crippen LogP contribution >= 0.6 is 0 Å². The quantitative estimate of drug-likeness (QED) is 0.561. The second-order valence-corrected chi connectivity index (χ2v) is 4.78. The topological polar surface area (TPSA) is 43.8 Å². The Morgan fingerprint density at radius 2 is 1.42 bits per heavy atom. The van der Waals surface area contributed by atoms with Crippen LogP contribution in [0.15, 0.2) is 60.8 Å². The summed E-state index contributed by atoms with van der Waals surface area (Å²) in [4.78, 5) is 0. The lowest BCUT2D eigenvalue weighted by Crippen LogP contribution is -2.13. The van der Waals surface area contributed by atoms with Crippen LogP contribution in [-0.2, 0) is 0 Å². The molecule has 2 N–H and O–H groups in total. The van der Waals surface area contributed by atoms with Gasteiger partial charge in [-0.25, -0.2) is 4.68 Å². The summed E-state index contributed by atoms with van der Waals surface area (Å²) in [5.74, 6) is 0.691. The molecule has 0 unspecified atom stereocenters. The van der Waals surface area contributed by atoms with Gasteiger partial charge in [0.15, 0.2) is 0 Å². The Balaban J connectivity index is 2.04. The van der Waals surface area contributed by atoms with Gasteiger partial charge in [-0.3, -0.25) is 0 Å². The molecule has 0 saturated heterocycles. The third kappa shape index (κ3) is 1.35. The van der Waals surface area contributed by atoms with Crippen molar-refractivity contribution in [1.29, 1.82) is 0 Å². The first kappa shape index (κ1) is 10.4. The Labute approximate surface area is 111 Å². The first-order chi connectivity index (χ1) is 9.36. The summed E-state index contributed by atoms with van der Waals surface area (Å²) in [5, 5.41) is 4.39. The van der Waals surface area contributed by atoms with Crippen molar-refractivity contribution in [3.05, 3.63) is 71.9 Å². The van der Waals surface area contributed by atoms with E-state index in [2.05, 4.69) is 53.6 Å². The van der Waals surface area contributed by atoms with Gasteiger partial charge in [-0.2, -0.15) is 5.10 Å². The summed E-state index contributed by atoms with van der Waals surface area (Å²) >= 11 is 0. The minimum Gasteiger partial charge on any atom is -0.384 e. The zero-order valence-corrected chi connectivity index (χ0v) is 10.3. The van der Waals surface area contributed by atoms with Gasteiger partial charge < -0.3 is 5.73 Å². The number of benzene rings is 2. The molecular formula is C16H13N3. The van der Waals surface area contributed by atoms with E-state index in [1.54, 1.807) is 6.20 Å². The number of hydrogen-bond donors (Lipinski definition) is 1. The Morgan fingerprint density at radius 1 is 0.842 bits per heavy atom. The molecule has 3 aromatic rings. The van der Waals surface area contributed by atoms with Crippen LogP contribution in [0.3, 0.4) is 0 Å². The van der Waals surface area contributed by atoms with Crippen molar-refractivity contribution in [2.45, 2.75) is 6.04 Å². The smallest absolute Gasteiger partial charge is 0.122 e. The lowest BCUT2D eigenvalue weighted by molar-refractivity contribution is 0.615. The van der Waals surface area contributed by atoms with Crippen molar-refractivity contribution >= 4 is 5.82 Å². The molecule has 19 heavy (non-hydrogen) atoms. The van der Waals surface area contributed by atoms with Crippen molar-refractivity contribution in [3.8, 4) is 11.1 Å². The van der Waals surface area contributed by atoms with Gasteiger partial charge >= 0.3 is 0 Å². The van der Waals surface area contributed by atoms with Gasteiger partial charge in [-0.15, -0.1) is 0 Å². The third-order valence-electron chi connectivity index (χ3n) is 3.75. The lowest BCUT2D eigenvalue weighted by Gasteiger charge is -2.15. The van der Waals surface area contributed by atoms with Gasteiger partial charge in [0.2, 0.25) is 0 Å².